The Kier molecular flexibility index (Phi) is 4.69. The quantitative estimate of drug-likeness (QED) is 0.466. The predicted octanol–water partition coefficient (Wildman–Crippen LogP) is 4.39. The Morgan fingerprint density at radius 3 is 2.33 bits per heavy atom. The van der Waals surface area contributed by atoms with Crippen LogP contribution in [0.25, 0.3) is 10.9 Å². The van der Waals surface area contributed by atoms with Crippen molar-refractivity contribution < 1.29 is 4.79 Å². The molecule has 2 aromatic rings. The third kappa shape index (κ3) is 2.68. The van der Waals surface area contributed by atoms with Crippen molar-refractivity contribution in [1.29, 1.82) is 0 Å². The zero-order valence-electron chi connectivity index (χ0n) is 13.4. The molecular weight excluding hydrogens is 274 g/mol. The zero-order chi connectivity index (χ0) is 15.5. The first kappa shape index (κ1) is 15.6. The van der Waals surface area contributed by atoms with E-state index in [0.29, 0.717) is 5.69 Å². The van der Waals surface area contributed by atoms with Crippen LogP contribution in [0.15, 0.2) is 24.3 Å². The molecule has 3 heteroatoms. The SMILES string of the molecule is CC[Si](C#Cc1c(C=O)n(C)c2ccccc12)(CC)CC. The predicted molar refractivity (Wildman–Crippen MR) is 92.4 cm³/mol. The van der Waals surface area contributed by atoms with E-state index in [1.807, 2.05) is 29.8 Å². The van der Waals surface area contributed by atoms with Gasteiger partial charge in [0.25, 0.3) is 0 Å². The molecule has 0 saturated carbocycles. The van der Waals surface area contributed by atoms with Gasteiger partial charge < -0.3 is 4.57 Å². The first-order chi connectivity index (χ1) is 10.1. The molecule has 0 spiro atoms. The van der Waals surface area contributed by atoms with Crippen molar-refractivity contribution >= 4 is 25.3 Å². The van der Waals surface area contributed by atoms with Gasteiger partial charge in [0.2, 0.25) is 0 Å². The lowest BCUT2D eigenvalue weighted by Gasteiger charge is -2.19. The largest absolute Gasteiger partial charge is 0.340 e. The number of aromatic nitrogens is 1. The topological polar surface area (TPSA) is 22.0 Å². The Balaban J connectivity index is 2.65. The molecule has 0 N–H and O–H groups in total. The van der Waals surface area contributed by atoms with Crippen LogP contribution in [-0.2, 0) is 7.05 Å². The highest BCUT2D eigenvalue weighted by atomic mass is 28.3. The van der Waals surface area contributed by atoms with Gasteiger partial charge in [0.05, 0.1) is 11.3 Å². The molecule has 0 aliphatic heterocycles. The Morgan fingerprint density at radius 1 is 1.14 bits per heavy atom. The number of hydrogen-bond acceptors (Lipinski definition) is 1. The number of rotatable bonds is 4. The number of nitrogens with zero attached hydrogens (tertiary/aromatic N) is 1. The van der Waals surface area contributed by atoms with Gasteiger partial charge in [-0.15, -0.1) is 5.54 Å². The van der Waals surface area contributed by atoms with Crippen molar-refractivity contribution in [1.82, 2.24) is 4.57 Å². The molecule has 0 amide bonds. The number of aryl methyl sites for hydroxylation is 1. The van der Waals surface area contributed by atoms with Crippen LogP contribution in [-0.4, -0.2) is 18.9 Å². The van der Waals surface area contributed by atoms with Crippen LogP contribution in [0.5, 0.6) is 0 Å². The van der Waals surface area contributed by atoms with Gasteiger partial charge in [-0.2, -0.15) is 0 Å². The fourth-order valence-corrected chi connectivity index (χ4v) is 5.31. The third-order valence-electron chi connectivity index (χ3n) is 4.75. The average molecular weight is 297 g/mol. The summed E-state index contributed by atoms with van der Waals surface area (Å²) in [4.78, 5) is 11.5. The Morgan fingerprint density at radius 2 is 1.76 bits per heavy atom. The molecular formula is C18H23NOSi. The van der Waals surface area contributed by atoms with E-state index in [1.54, 1.807) is 0 Å². The highest BCUT2D eigenvalue weighted by Gasteiger charge is 2.24. The van der Waals surface area contributed by atoms with Gasteiger partial charge in [0, 0.05) is 18.0 Å². The number of aldehydes is 1. The van der Waals surface area contributed by atoms with E-state index in [0.717, 1.165) is 22.8 Å². The molecule has 110 valence electrons. The minimum absolute atomic E-state index is 0.690. The second kappa shape index (κ2) is 6.32. The normalized spacial score (nSPS) is 11.2. The molecule has 1 heterocycles. The van der Waals surface area contributed by atoms with Crippen LogP contribution in [0.4, 0.5) is 0 Å². The summed E-state index contributed by atoms with van der Waals surface area (Å²) < 4.78 is 1.94. The lowest BCUT2D eigenvalue weighted by molar-refractivity contribution is 0.111. The van der Waals surface area contributed by atoms with Gasteiger partial charge in [0.15, 0.2) is 6.29 Å². The fraction of sp³-hybridized carbons (Fsp3) is 0.389. The third-order valence-corrected chi connectivity index (χ3v) is 9.46. The summed E-state index contributed by atoms with van der Waals surface area (Å²) in [5.41, 5.74) is 6.25. The molecule has 0 bridgehead atoms. The van der Waals surface area contributed by atoms with E-state index in [9.17, 15) is 4.79 Å². The maximum atomic E-state index is 11.5. The number of benzene rings is 1. The van der Waals surface area contributed by atoms with E-state index < -0.39 is 8.07 Å². The van der Waals surface area contributed by atoms with E-state index in [2.05, 4.69) is 38.3 Å². The molecule has 1 aromatic carbocycles. The van der Waals surface area contributed by atoms with Crippen molar-refractivity contribution in [2.75, 3.05) is 0 Å². The Bertz CT molecular complexity index is 706. The summed E-state index contributed by atoms with van der Waals surface area (Å²) in [7, 11) is 0.432. The average Bonchev–Trinajstić information content (AvgIpc) is 2.81. The number of para-hydroxylation sites is 1. The van der Waals surface area contributed by atoms with Crippen molar-refractivity contribution in [2.45, 2.75) is 38.9 Å². The number of hydrogen-bond donors (Lipinski definition) is 0. The lowest BCUT2D eigenvalue weighted by Crippen LogP contribution is -2.29. The molecule has 0 radical (unpaired) electrons. The molecule has 0 saturated heterocycles. The maximum Gasteiger partial charge on any atom is 0.167 e. The van der Waals surface area contributed by atoms with Crippen LogP contribution in [0, 0.1) is 11.5 Å². The minimum atomic E-state index is -1.50. The first-order valence-electron chi connectivity index (χ1n) is 7.68. The maximum absolute atomic E-state index is 11.5. The van der Waals surface area contributed by atoms with E-state index in [4.69, 9.17) is 0 Å². The highest BCUT2D eigenvalue weighted by Crippen LogP contribution is 2.25. The van der Waals surface area contributed by atoms with Crippen molar-refractivity contribution in [2.24, 2.45) is 7.05 Å². The van der Waals surface area contributed by atoms with Crippen LogP contribution in [0.3, 0.4) is 0 Å². The molecule has 0 unspecified atom stereocenters. The van der Waals surface area contributed by atoms with Gasteiger partial charge in [-0.25, -0.2) is 0 Å². The van der Waals surface area contributed by atoms with Crippen molar-refractivity contribution in [3.8, 4) is 11.5 Å². The fourth-order valence-electron chi connectivity index (χ4n) is 2.89. The minimum Gasteiger partial charge on any atom is -0.340 e. The van der Waals surface area contributed by atoms with E-state index >= 15 is 0 Å². The van der Waals surface area contributed by atoms with Crippen LogP contribution < -0.4 is 0 Å². The number of carbonyl (C=O) groups excluding carboxylic acids is 1. The number of carbonyl (C=O) groups is 1. The van der Waals surface area contributed by atoms with Crippen LogP contribution in [0.1, 0.15) is 36.8 Å². The molecule has 0 aliphatic carbocycles. The summed E-state index contributed by atoms with van der Waals surface area (Å²) in [6, 6.07) is 11.6. The monoisotopic (exact) mass is 297 g/mol. The summed E-state index contributed by atoms with van der Waals surface area (Å²) in [5.74, 6) is 3.38. The van der Waals surface area contributed by atoms with Gasteiger partial charge in [-0.1, -0.05) is 44.9 Å². The molecule has 0 aliphatic rings. The first-order valence-corrected chi connectivity index (χ1v) is 10.3. The second-order valence-electron chi connectivity index (χ2n) is 5.55. The van der Waals surface area contributed by atoms with Gasteiger partial charge >= 0.3 is 0 Å². The van der Waals surface area contributed by atoms with E-state index in [-0.39, 0.29) is 0 Å². The molecule has 1 aromatic heterocycles. The van der Waals surface area contributed by atoms with Gasteiger partial charge in [-0.05, 0) is 24.2 Å². The van der Waals surface area contributed by atoms with Crippen LogP contribution in [0.2, 0.25) is 18.1 Å². The van der Waals surface area contributed by atoms with Crippen molar-refractivity contribution in [3.63, 3.8) is 0 Å². The summed E-state index contributed by atoms with van der Waals surface area (Å²) in [5, 5.41) is 1.08. The van der Waals surface area contributed by atoms with Crippen molar-refractivity contribution in [3.05, 3.63) is 35.5 Å². The lowest BCUT2D eigenvalue weighted by atomic mass is 10.1. The summed E-state index contributed by atoms with van der Waals surface area (Å²) >= 11 is 0. The van der Waals surface area contributed by atoms with Crippen LogP contribution >= 0.6 is 0 Å². The zero-order valence-corrected chi connectivity index (χ0v) is 14.4. The van der Waals surface area contributed by atoms with Gasteiger partial charge in [-0.3, -0.25) is 4.79 Å². The molecule has 21 heavy (non-hydrogen) atoms. The Hall–Kier alpha value is -1.79. The Labute approximate surface area is 128 Å². The number of fused-ring (bicyclic) bond motifs is 1. The highest BCUT2D eigenvalue weighted by molar-refractivity contribution is 6.87. The molecule has 2 nitrogen and oxygen atoms in total. The molecule has 0 atom stereocenters. The smallest absolute Gasteiger partial charge is 0.167 e. The molecule has 0 fully saturated rings. The van der Waals surface area contributed by atoms with E-state index in [1.165, 1.54) is 18.1 Å². The second-order valence-corrected chi connectivity index (χ2v) is 10.5. The standard InChI is InChI=1S/C18H23NOSi/c1-5-21(6-2,7-3)13-12-16-15-10-8-9-11-17(15)19(4)18(16)14-20/h8-11,14H,5-7H2,1-4H3. The molecule has 2 rings (SSSR count). The van der Waals surface area contributed by atoms with Gasteiger partial charge in [0.1, 0.15) is 8.07 Å². The summed E-state index contributed by atoms with van der Waals surface area (Å²) in [6.45, 7) is 6.74. The summed E-state index contributed by atoms with van der Waals surface area (Å²) in [6.07, 6.45) is 0.928.